The number of halogens is 3. The minimum atomic E-state index is -3.26. The molecule has 15 heavy (non-hydrogen) atoms. The quantitative estimate of drug-likeness (QED) is 0.725. The lowest BCUT2D eigenvalue weighted by Gasteiger charge is -2.26. The van der Waals surface area contributed by atoms with E-state index >= 15 is 0 Å². The third kappa shape index (κ3) is 1.87. The maximum atomic E-state index is 12.7. The van der Waals surface area contributed by atoms with E-state index in [1.165, 1.54) is 24.3 Å². The Bertz CT molecular complexity index is 340. The van der Waals surface area contributed by atoms with Crippen LogP contribution in [0.3, 0.4) is 0 Å². The molecule has 1 atom stereocenters. The summed E-state index contributed by atoms with van der Waals surface area (Å²) in [5.41, 5.74) is -3.00. The SMILES string of the molecule is COC(C(=O)F)(c1ccccc1)C(F)F. The first-order chi connectivity index (χ1) is 7.05. The topological polar surface area (TPSA) is 26.3 Å². The van der Waals surface area contributed by atoms with Gasteiger partial charge in [-0.2, -0.15) is 4.39 Å². The Balaban J connectivity index is 3.28. The molecule has 5 heteroatoms. The number of methoxy groups -OCH3 is 1. The monoisotopic (exact) mass is 218 g/mol. The van der Waals surface area contributed by atoms with Gasteiger partial charge in [0.05, 0.1) is 0 Å². The molecule has 82 valence electrons. The van der Waals surface area contributed by atoms with Crippen LogP contribution in [-0.4, -0.2) is 19.6 Å². The molecular formula is C10H9F3O2. The second-order valence-corrected chi connectivity index (χ2v) is 2.88. The molecule has 1 rings (SSSR count). The number of carbonyl (C=O) groups is 1. The van der Waals surface area contributed by atoms with Gasteiger partial charge in [0.2, 0.25) is 5.60 Å². The van der Waals surface area contributed by atoms with Crippen LogP contribution >= 0.6 is 0 Å². The zero-order valence-corrected chi connectivity index (χ0v) is 7.91. The lowest BCUT2D eigenvalue weighted by atomic mass is 9.95. The Labute approximate surface area is 84.7 Å². The van der Waals surface area contributed by atoms with E-state index in [9.17, 15) is 18.0 Å². The number of rotatable bonds is 4. The van der Waals surface area contributed by atoms with Gasteiger partial charge in [0.25, 0.3) is 6.43 Å². The lowest BCUT2D eigenvalue weighted by Crippen LogP contribution is -2.42. The molecule has 0 spiro atoms. The standard InChI is InChI=1S/C10H9F3O2/c1-15-10(8(11)12,9(13)14)7-5-3-2-4-6-7/h2-6,8H,1H3. The Morgan fingerprint density at radius 3 is 2.20 bits per heavy atom. The van der Waals surface area contributed by atoms with E-state index in [0.29, 0.717) is 0 Å². The summed E-state index contributed by atoms with van der Waals surface area (Å²) in [4.78, 5) is 10.7. The number of hydrogen-bond donors (Lipinski definition) is 0. The molecule has 0 fully saturated rings. The summed E-state index contributed by atoms with van der Waals surface area (Å²) in [6.45, 7) is 0. The summed E-state index contributed by atoms with van der Waals surface area (Å²) in [6, 6.07) is 4.65. The van der Waals surface area contributed by atoms with Gasteiger partial charge in [0.15, 0.2) is 0 Å². The molecule has 0 N–H and O–H groups in total. The first-order valence-electron chi connectivity index (χ1n) is 4.14. The average Bonchev–Trinajstić information content (AvgIpc) is 2.20. The van der Waals surface area contributed by atoms with E-state index in [4.69, 9.17) is 0 Å². The van der Waals surface area contributed by atoms with Crippen LogP contribution in [0.4, 0.5) is 13.2 Å². The fourth-order valence-corrected chi connectivity index (χ4v) is 1.30. The van der Waals surface area contributed by atoms with Crippen molar-refractivity contribution in [2.45, 2.75) is 12.0 Å². The van der Waals surface area contributed by atoms with Crippen LogP contribution in [0.25, 0.3) is 0 Å². The van der Waals surface area contributed by atoms with Crippen molar-refractivity contribution in [2.24, 2.45) is 0 Å². The van der Waals surface area contributed by atoms with Crippen molar-refractivity contribution in [2.75, 3.05) is 7.11 Å². The Kier molecular flexibility index (Phi) is 3.47. The minimum Gasteiger partial charge on any atom is -0.358 e. The Morgan fingerprint density at radius 2 is 1.87 bits per heavy atom. The van der Waals surface area contributed by atoms with Gasteiger partial charge in [-0.05, 0) is 0 Å². The maximum Gasteiger partial charge on any atom is 0.343 e. The van der Waals surface area contributed by atoms with E-state index in [-0.39, 0.29) is 5.56 Å². The second-order valence-electron chi connectivity index (χ2n) is 2.88. The van der Waals surface area contributed by atoms with Crippen LogP contribution in [0.15, 0.2) is 30.3 Å². The molecule has 0 aliphatic rings. The van der Waals surface area contributed by atoms with Crippen molar-refractivity contribution in [1.29, 1.82) is 0 Å². The molecule has 0 saturated carbocycles. The highest BCUT2D eigenvalue weighted by atomic mass is 19.3. The number of hydrogen-bond acceptors (Lipinski definition) is 2. The predicted molar refractivity (Wildman–Crippen MR) is 47.2 cm³/mol. The Morgan fingerprint density at radius 1 is 1.33 bits per heavy atom. The van der Waals surface area contributed by atoms with Gasteiger partial charge in [-0.1, -0.05) is 30.3 Å². The van der Waals surface area contributed by atoms with E-state index in [2.05, 4.69) is 4.74 Å². The summed E-state index contributed by atoms with van der Waals surface area (Å²) in [5.74, 6) is 0. The summed E-state index contributed by atoms with van der Waals surface area (Å²) >= 11 is 0. The van der Waals surface area contributed by atoms with Crippen LogP contribution in [0, 0.1) is 0 Å². The minimum absolute atomic E-state index is 0.199. The van der Waals surface area contributed by atoms with E-state index in [1.807, 2.05) is 0 Å². The molecule has 0 saturated heterocycles. The summed E-state index contributed by atoms with van der Waals surface area (Å²) in [7, 11) is 0.872. The number of ether oxygens (including phenoxy) is 1. The molecule has 0 radical (unpaired) electrons. The average molecular weight is 218 g/mol. The largest absolute Gasteiger partial charge is 0.358 e. The maximum absolute atomic E-state index is 12.7. The summed E-state index contributed by atoms with van der Waals surface area (Å²) < 4.78 is 42.5. The zero-order chi connectivity index (χ0) is 11.5. The van der Waals surface area contributed by atoms with Gasteiger partial charge in [0.1, 0.15) is 0 Å². The van der Waals surface area contributed by atoms with Crippen LogP contribution in [0.2, 0.25) is 0 Å². The highest BCUT2D eigenvalue weighted by Gasteiger charge is 2.50. The highest BCUT2D eigenvalue weighted by molar-refractivity contribution is 5.81. The van der Waals surface area contributed by atoms with Gasteiger partial charge in [-0.25, -0.2) is 8.78 Å². The molecule has 1 aromatic carbocycles. The molecule has 0 heterocycles. The normalized spacial score (nSPS) is 15.0. The number of benzene rings is 1. The zero-order valence-electron chi connectivity index (χ0n) is 7.91. The van der Waals surface area contributed by atoms with Crippen LogP contribution in [0.5, 0.6) is 0 Å². The molecule has 1 aromatic rings. The molecule has 2 nitrogen and oxygen atoms in total. The second kappa shape index (κ2) is 4.44. The summed E-state index contributed by atoms with van der Waals surface area (Å²) in [6.07, 6.45) is -3.26. The first-order valence-corrected chi connectivity index (χ1v) is 4.14. The van der Waals surface area contributed by atoms with Crippen molar-refractivity contribution in [1.82, 2.24) is 0 Å². The smallest absolute Gasteiger partial charge is 0.343 e. The molecule has 0 aromatic heterocycles. The van der Waals surface area contributed by atoms with Gasteiger partial charge < -0.3 is 4.74 Å². The molecule has 0 bridgehead atoms. The van der Waals surface area contributed by atoms with Gasteiger partial charge >= 0.3 is 6.04 Å². The van der Waals surface area contributed by atoms with Crippen molar-refractivity contribution in [3.8, 4) is 0 Å². The molecule has 0 aliphatic heterocycles. The lowest BCUT2D eigenvalue weighted by molar-refractivity contribution is -0.177. The van der Waals surface area contributed by atoms with Crippen molar-refractivity contribution in [3.05, 3.63) is 35.9 Å². The molecule has 0 amide bonds. The van der Waals surface area contributed by atoms with Crippen molar-refractivity contribution in [3.63, 3.8) is 0 Å². The number of carbonyl (C=O) groups excluding carboxylic acids is 1. The van der Waals surface area contributed by atoms with Crippen LogP contribution in [0.1, 0.15) is 5.56 Å². The summed E-state index contributed by atoms with van der Waals surface area (Å²) in [5, 5.41) is 0. The first kappa shape index (κ1) is 11.7. The highest BCUT2D eigenvalue weighted by Crippen LogP contribution is 2.33. The van der Waals surface area contributed by atoms with E-state index in [1.54, 1.807) is 6.07 Å². The third-order valence-electron chi connectivity index (χ3n) is 2.12. The van der Waals surface area contributed by atoms with E-state index < -0.39 is 18.1 Å². The van der Waals surface area contributed by atoms with Crippen molar-refractivity contribution < 1.29 is 22.7 Å². The third-order valence-corrected chi connectivity index (χ3v) is 2.12. The fraction of sp³-hybridized carbons (Fsp3) is 0.300. The van der Waals surface area contributed by atoms with Gasteiger partial charge in [-0.15, -0.1) is 0 Å². The van der Waals surface area contributed by atoms with Gasteiger partial charge in [0, 0.05) is 12.7 Å². The molecular weight excluding hydrogens is 209 g/mol. The Hall–Kier alpha value is -1.36. The number of alkyl halides is 2. The molecule has 1 unspecified atom stereocenters. The molecule has 0 aliphatic carbocycles. The van der Waals surface area contributed by atoms with Crippen molar-refractivity contribution >= 4 is 6.04 Å². The van der Waals surface area contributed by atoms with Crippen LogP contribution in [-0.2, 0) is 15.1 Å². The van der Waals surface area contributed by atoms with Gasteiger partial charge in [-0.3, -0.25) is 4.79 Å². The fourth-order valence-electron chi connectivity index (χ4n) is 1.30. The predicted octanol–water partition coefficient (Wildman–Crippen LogP) is 2.29. The van der Waals surface area contributed by atoms with Crippen LogP contribution < -0.4 is 0 Å². The van der Waals surface area contributed by atoms with E-state index in [0.717, 1.165) is 7.11 Å².